The first-order valence-electron chi connectivity index (χ1n) is 8.50. The number of rotatable bonds is 11. The van der Waals surface area contributed by atoms with E-state index in [9.17, 15) is 0 Å². The maximum Gasteiger partial charge on any atom is 0.195 e. The van der Waals surface area contributed by atoms with Crippen LogP contribution in [0, 0.1) is 0 Å². The van der Waals surface area contributed by atoms with Crippen LogP contribution in [0.15, 0.2) is 0 Å². The monoisotopic (exact) mass is 428 g/mol. The average Bonchev–Trinajstić information content (AvgIpc) is 2.38. The number of halogens is 1. The molecule has 0 fully saturated rings. The van der Waals surface area contributed by atoms with Gasteiger partial charge < -0.3 is 9.16 Å². The van der Waals surface area contributed by atoms with Gasteiger partial charge in [-0.3, -0.25) is 0 Å². The molecule has 0 aliphatic carbocycles. The van der Waals surface area contributed by atoms with Crippen molar-refractivity contribution in [3.63, 3.8) is 0 Å². The molecule has 0 radical (unpaired) electrons. The summed E-state index contributed by atoms with van der Waals surface area (Å²) < 4.78 is 12.5. The van der Waals surface area contributed by atoms with Gasteiger partial charge in [0.05, 0.1) is 3.92 Å². The molecule has 0 heterocycles. The van der Waals surface area contributed by atoms with Crippen LogP contribution in [0.4, 0.5) is 0 Å². The molecule has 0 rings (SSSR count). The first-order chi connectivity index (χ1) is 9.65. The van der Waals surface area contributed by atoms with Crippen molar-refractivity contribution in [2.24, 2.45) is 0 Å². The Kier molecular flexibility index (Phi) is 11.0. The smallest absolute Gasteiger partial charge is 0.195 e. The normalized spacial score (nSPS) is 16.0. The zero-order chi connectivity index (χ0) is 16.5. The van der Waals surface area contributed by atoms with Gasteiger partial charge in [-0.1, -0.05) is 88.8 Å². The lowest BCUT2D eigenvalue weighted by molar-refractivity contribution is -0.0609. The van der Waals surface area contributed by atoms with Gasteiger partial charge in [-0.15, -0.1) is 0 Å². The molecular weight excluding hydrogens is 391 g/mol. The second kappa shape index (κ2) is 10.6. The highest BCUT2D eigenvalue weighted by atomic mass is 127. The molecule has 0 unspecified atom stereocenters. The van der Waals surface area contributed by atoms with E-state index >= 15 is 0 Å². The molecule has 0 aromatic carbocycles. The second-order valence-corrected chi connectivity index (χ2v) is 13.9. The lowest BCUT2D eigenvalue weighted by atomic mass is 10.1. The Labute approximate surface area is 148 Å². The van der Waals surface area contributed by atoms with Crippen LogP contribution in [-0.4, -0.2) is 25.6 Å². The fourth-order valence-electron chi connectivity index (χ4n) is 1.99. The summed E-state index contributed by atoms with van der Waals surface area (Å²) in [5.41, 5.74) is 0. The Morgan fingerprint density at radius 1 is 1.00 bits per heavy atom. The van der Waals surface area contributed by atoms with Gasteiger partial charge in [0.15, 0.2) is 14.6 Å². The molecule has 0 saturated heterocycles. The molecule has 0 aromatic heterocycles. The zero-order valence-corrected chi connectivity index (χ0v) is 18.5. The van der Waals surface area contributed by atoms with Gasteiger partial charge in [0.2, 0.25) is 0 Å². The predicted octanol–water partition coefficient (Wildman–Crippen LogP) is 6.53. The van der Waals surface area contributed by atoms with Crippen molar-refractivity contribution in [1.82, 2.24) is 0 Å². The van der Waals surface area contributed by atoms with E-state index < -0.39 is 8.32 Å². The molecule has 0 saturated carbocycles. The standard InChI is InChI=1S/C17H37IO2Si/c1-8-9-10-11-12-13-14-15(18)16(19-5)20-21(6,7)17(2,3)4/h15-16H,8-14H2,1-7H3/t15-,16+/m0/s1. The lowest BCUT2D eigenvalue weighted by Gasteiger charge is -2.39. The fourth-order valence-corrected chi connectivity index (χ4v) is 4.35. The number of hydrogen-bond acceptors (Lipinski definition) is 2. The molecular formula is C17H37IO2Si. The highest BCUT2D eigenvalue weighted by Crippen LogP contribution is 2.38. The SMILES string of the molecule is CCCCCCCC[C@H](I)[C@H](OC)O[Si](C)(C)C(C)(C)C. The zero-order valence-electron chi connectivity index (χ0n) is 15.3. The molecule has 2 nitrogen and oxygen atoms in total. The topological polar surface area (TPSA) is 18.5 Å². The van der Waals surface area contributed by atoms with E-state index in [0.29, 0.717) is 3.92 Å². The molecule has 0 spiro atoms. The molecule has 21 heavy (non-hydrogen) atoms. The first kappa shape index (κ1) is 21.9. The maximum absolute atomic E-state index is 6.42. The molecule has 0 bridgehead atoms. The summed E-state index contributed by atoms with van der Waals surface area (Å²) in [6.45, 7) is 13.7. The minimum absolute atomic E-state index is 0.0536. The van der Waals surface area contributed by atoms with Crippen molar-refractivity contribution in [3.05, 3.63) is 0 Å². The third-order valence-electron chi connectivity index (χ3n) is 4.58. The van der Waals surface area contributed by atoms with Gasteiger partial charge in [0.25, 0.3) is 0 Å². The minimum atomic E-state index is -1.75. The van der Waals surface area contributed by atoms with E-state index in [0.717, 1.165) is 0 Å². The molecule has 128 valence electrons. The Hall–Kier alpha value is 0.867. The highest BCUT2D eigenvalue weighted by Gasteiger charge is 2.40. The molecule has 0 N–H and O–H groups in total. The van der Waals surface area contributed by atoms with Crippen LogP contribution in [0.3, 0.4) is 0 Å². The van der Waals surface area contributed by atoms with Crippen molar-refractivity contribution in [2.45, 2.75) is 101 Å². The van der Waals surface area contributed by atoms with E-state index in [-0.39, 0.29) is 11.3 Å². The summed E-state index contributed by atoms with van der Waals surface area (Å²) in [5.74, 6) is 0. The molecule has 4 heteroatoms. The van der Waals surface area contributed by atoms with Crippen LogP contribution in [-0.2, 0) is 9.16 Å². The number of alkyl halides is 1. The lowest BCUT2D eigenvalue weighted by Crippen LogP contribution is -2.46. The number of unbranched alkanes of at least 4 members (excludes halogenated alkanes) is 5. The molecule has 0 aliphatic heterocycles. The van der Waals surface area contributed by atoms with E-state index in [2.05, 4.69) is 63.4 Å². The van der Waals surface area contributed by atoms with Crippen molar-refractivity contribution >= 4 is 30.9 Å². The Morgan fingerprint density at radius 2 is 1.52 bits per heavy atom. The van der Waals surface area contributed by atoms with Gasteiger partial charge in [-0.2, -0.15) is 0 Å². The van der Waals surface area contributed by atoms with Crippen molar-refractivity contribution in [3.8, 4) is 0 Å². The third kappa shape index (κ3) is 8.91. The maximum atomic E-state index is 6.42. The molecule has 0 amide bonds. The van der Waals surface area contributed by atoms with Gasteiger partial charge in [-0.25, -0.2) is 0 Å². The van der Waals surface area contributed by atoms with Crippen LogP contribution in [0.25, 0.3) is 0 Å². The Morgan fingerprint density at radius 3 is 2.00 bits per heavy atom. The second-order valence-electron chi connectivity index (χ2n) is 7.55. The summed E-state index contributed by atoms with van der Waals surface area (Å²) >= 11 is 2.51. The van der Waals surface area contributed by atoms with Gasteiger partial charge >= 0.3 is 0 Å². The van der Waals surface area contributed by atoms with Crippen LogP contribution >= 0.6 is 22.6 Å². The third-order valence-corrected chi connectivity index (χ3v) is 10.2. The molecule has 0 aliphatic rings. The minimum Gasteiger partial charge on any atom is -0.391 e. The highest BCUT2D eigenvalue weighted by molar-refractivity contribution is 14.1. The van der Waals surface area contributed by atoms with Crippen molar-refractivity contribution in [2.75, 3.05) is 7.11 Å². The van der Waals surface area contributed by atoms with Crippen LogP contribution in [0.1, 0.15) is 72.6 Å². The quantitative estimate of drug-likeness (QED) is 0.122. The van der Waals surface area contributed by atoms with E-state index in [1.807, 2.05) is 0 Å². The average molecular weight is 428 g/mol. The summed E-state index contributed by atoms with van der Waals surface area (Å²) in [6.07, 6.45) is 9.23. The number of methoxy groups -OCH3 is 1. The largest absolute Gasteiger partial charge is 0.391 e. The van der Waals surface area contributed by atoms with E-state index in [1.165, 1.54) is 44.9 Å². The van der Waals surface area contributed by atoms with Crippen molar-refractivity contribution < 1.29 is 9.16 Å². The Balaban J connectivity index is 4.16. The number of hydrogen-bond donors (Lipinski definition) is 0. The summed E-state index contributed by atoms with van der Waals surface area (Å²) in [6, 6.07) is 0. The predicted molar refractivity (Wildman–Crippen MR) is 105 cm³/mol. The molecule has 0 aromatic rings. The van der Waals surface area contributed by atoms with E-state index in [4.69, 9.17) is 9.16 Å². The summed E-state index contributed by atoms with van der Waals surface area (Å²) in [7, 11) is 0.0358. The molecule has 2 atom stereocenters. The number of ether oxygens (including phenoxy) is 1. The van der Waals surface area contributed by atoms with Crippen LogP contribution in [0.5, 0.6) is 0 Å². The van der Waals surface area contributed by atoms with Crippen LogP contribution < -0.4 is 0 Å². The van der Waals surface area contributed by atoms with Gasteiger partial charge in [-0.05, 0) is 24.6 Å². The fraction of sp³-hybridized carbons (Fsp3) is 1.00. The first-order valence-corrected chi connectivity index (χ1v) is 12.7. The van der Waals surface area contributed by atoms with Crippen molar-refractivity contribution in [1.29, 1.82) is 0 Å². The van der Waals surface area contributed by atoms with Gasteiger partial charge in [0, 0.05) is 7.11 Å². The van der Waals surface area contributed by atoms with E-state index in [1.54, 1.807) is 7.11 Å². The van der Waals surface area contributed by atoms with Gasteiger partial charge in [0.1, 0.15) is 0 Å². The van der Waals surface area contributed by atoms with Crippen LogP contribution in [0.2, 0.25) is 18.1 Å². The Bertz CT molecular complexity index is 264. The summed E-state index contributed by atoms with van der Waals surface area (Å²) in [4.78, 5) is 0. The summed E-state index contributed by atoms with van der Waals surface area (Å²) in [5, 5.41) is 0.236.